The number of anilines is 1. The number of rotatable bonds is 3. The average molecular weight is 334 g/mol. The minimum Gasteiger partial charge on any atom is -0.486 e. The third-order valence-electron chi connectivity index (χ3n) is 4.67. The number of fused-ring (bicyclic) bond motifs is 1. The number of piperazine rings is 1. The molecule has 2 aliphatic rings. The lowest BCUT2D eigenvalue weighted by Crippen LogP contribution is -3.19. The van der Waals surface area contributed by atoms with Crippen LogP contribution in [0, 0.1) is 0 Å². The molecule has 1 atom stereocenters. The first kappa shape index (κ1) is 16.6. The zero-order chi connectivity index (χ0) is 17.1. The van der Waals surface area contributed by atoms with Gasteiger partial charge in [-0.2, -0.15) is 0 Å². The predicted molar refractivity (Wildman–Crippen MR) is 88.5 cm³/mol. The van der Waals surface area contributed by atoms with Crippen molar-refractivity contribution in [3.63, 3.8) is 0 Å². The number of amides is 2. The summed E-state index contributed by atoms with van der Waals surface area (Å²) in [6, 6.07) is 5.25. The minimum absolute atomic E-state index is 0.0297. The normalized spacial score (nSPS) is 18.8. The van der Waals surface area contributed by atoms with Crippen LogP contribution in [0.5, 0.6) is 11.5 Å². The van der Waals surface area contributed by atoms with Crippen molar-refractivity contribution in [2.75, 3.05) is 44.7 Å². The van der Waals surface area contributed by atoms with E-state index in [1.54, 1.807) is 13.0 Å². The third-order valence-corrected chi connectivity index (χ3v) is 4.67. The van der Waals surface area contributed by atoms with Crippen molar-refractivity contribution in [3.05, 3.63) is 18.2 Å². The molecule has 0 spiro atoms. The smallest absolute Gasteiger partial charge is 0.282 e. The first-order valence-electron chi connectivity index (χ1n) is 8.35. The lowest BCUT2D eigenvalue weighted by molar-refractivity contribution is -0.917. The van der Waals surface area contributed by atoms with Gasteiger partial charge in [0.1, 0.15) is 13.2 Å². The van der Waals surface area contributed by atoms with Gasteiger partial charge in [0.05, 0.1) is 26.2 Å². The molecule has 0 saturated carbocycles. The minimum atomic E-state index is -0.174. The highest BCUT2D eigenvalue weighted by Crippen LogP contribution is 2.32. The molecular weight excluding hydrogens is 310 g/mol. The number of carbonyl (C=O) groups is 2. The van der Waals surface area contributed by atoms with Crippen LogP contribution in [0.2, 0.25) is 0 Å². The van der Waals surface area contributed by atoms with Gasteiger partial charge in [-0.15, -0.1) is 0 Å². The molecule has 2 aliphatic heterocycles. The molecule has 1 aromatic rings. The molecule has 2 heterocycles. The zero-order valence-electron chi connectivity index (χ0n) is 14.1. The van der Waals surface area contributed by atoms with Crippen LogP contribution >= 0.6 is 0 Å². The molecular formula is C17H24N3O4+. The van der Waals surface area contributed by atoms with E-state index in [4.69, 9.17) is 9.47 Å². The summed E-state index contributed by atoms with van der Waals surface area (Å²) in [5.74, 6) is 1.44. The van der Waals surface area contributed by atoms with E-state index in [2.05, 4.69) is 5.32 Å². The van der Waals surface area contributed by atoms with E-state index in [9.17, 15) is 9.59 Å². The molecule has 2 amide bonds. The van der Waals surface area contributed by atoms with Gasteiger partial charge < -0.3 is 24.6 Å². The van der Waals surface area contributed by atoms with E-state index in [0.717, 1.165) is 13.1 Å². The van der Waals surface area contributed by atoms with E-state index in [1.165, 1.54) is 4.90 Å². The van der Waals surface area contributed by atoms with E-state index in [1.807, 2.05) is 24.0 Å². The van der Waals surface area contributed by atoms with Crippen LogP contribution in [0.15, 0.2) is 18.2 Å². The van der Waals surface area contributed by atoms with Crippen LogP contribution in [-0.4, -0.2) is 62.1 Å². The van der Waals surface area contributed by atoms with Crippen molar-refractivity contribution in [2.45, 2.75) is 19.9 Å². The molecule has 0 radical (unpaired) electrons. The zero-order valence-corrected chi connectivity index (χ0v) is 14.1. The molecule has 1 saturated heterocycles. The molecule has 0 aromatic heterocycles. The van der Waals surface area contributed by atoms with Gasteiger partial charge in [-0.25, -0.2) is 0 Å². The molecule has 1 aromatic carbocycles. The van der Waals surface area contributed by atoms with Crippen molar-refractivity contribution in [1.29, 1.82) is 0 Å². The number of hydrogen-bond donors (Lipinski definition) is 2. The number of benzene rings is 1. The van der Waals surface area contributed by atoms with Crippen LogP contribution in [0.25, 0.3) is 0 Å². The number of ether oxygens (including phenoxy) is 2. The van der Waals surface area contributed by atoms with Gasteiger partial charge in [0.25, 0.3) is 5.91 Å². The predicted octanol–water partition coefficient (Wildman–Crippen LogP) is -0.468. The Kier molecular flexibility index (Phi) is 4.89. The Morgan fingerprint density at radius 3 is 2.50 bits per heavy atom. The quantitative estimate of drug-likeness (QED) is 0.784. The Morgan fingerprint density at radius 1 is 1.17 bits per heavy atom. The molecule has 0 aliphatic carbocycles. The molecule has 7 heteroatoms. The highest BCUT2D eigenvalue weighted by Gasteiger charge is 2.30. The van der Waals surface area contributed by atoms with Crippen LogP contribution in [0.3, 0.4) is 0 Å². The van der Waals surface area contributed by atoms with E-state index < -0.39 is 0 Å². The highest BCUT2D eigenvalue weighted by atomic mass is 16.6. The number of carbonyl (C=O) groups excluding carboxylic acids is 2. The van der Waals surface area contributed by atoms with E-state index in [-0.39, 0.29) is 17.9 Å². The lowest BCUT2D eigenvalue weighted by atomic mass is 10.2. The van der Waals surface area contributed by atoms with Crippen molar-refractivity contribution in [1.82, 2.24) is 4.90 Å². The standard InChI is InChI=1S/C17H23N3O4/c1-12(19-5-7-20(8-6-19)13(2)21)17(22)18-14-3-4-15-16(11-14)24-10-9-23-15/h3-4,11-12H,5-10H2,1-2H3,(H,18,22)/p+1/t12-/m1/s1. The maximum Gasteiger partial charge on any atom is 0.282 e. The molecule has 130 valence electrons. The van der Waals surface area contributed by atoms with Crippen molar-refractivity contribution in [2.24, 2.45) is 0 Å². The molecule has 0 bridgehead atoms. The topological polar surface area (TPSA) is 72.3 Å². The van der Waals surface area contributed by atoms with Gasteiger partial charge >= 0.3 is 0 Å². The molecule has 1 fully saturated rings. The summed E-state index contributed by atoms with van der Waals surface area (Å²) in [5, 5.41) is 2.95. The Morgan fingerprint density at radius 2 is 1.83 bits per heavy atom. The number of nitrogens with zero attached hydrogens (tertiary/aromatic N) is 1. The van der Waals surface area contributed by atoms with Gasteiger partial charge in [-0.3, -0.25) is 9.59 Å². The number of nitrogens with one attached hydrogen (secondary N) is 2. The maximum absolute atomic E-state index is 12.5. The molecule has 2 N–H and O–H groups in total. The van der Waals surface area contributed by atoms with Crippen LogP contribution in [0.4, 0.5) is 5.69 Å². The van der Waals surface area contributed by atoms with E-state index >= 15 is 0 Å². The van der Waals surface area contributed by atoms with Crippen LogP contribution < -0.4 is 19.7 Å². The van der Waals surface area contributed by atoms with Crippen molar-refractivity contribution < 1.29 is 24.0 Å². The van der Waals surface area contributed by atoms with Gasteiger partial charge in [-0.05, 0) is 19.1 Å². The second-order valence-corrected chi connectivity index (χ2v) is 6.23. The second-order valence-electron chi connectivity index (χ2n) is 6.23. The van der Waals surface area contributed by atoms with Crippen LogP contribution in [-0.2, 0) is 9.59 Å². The Labute approximate surface area is 141 Å². The Balaban J connectivity index is 1.57. The first-order chi connectivity index (χ1) is 11.5. The molecule has 0 unspecified atom stereocenters. The molecule has 3 rings (SSSR count). The number of hydrogen-bond acceptors (Lipinski definition) is 4. The fourth-order valence-corrected chi connectivity index (χ4v) is 3.10. The Bertz CT molecular complexity index is 626. The first-order valence-corrected chi connectivity index (χ1v) is 8.35. The fourth-order valence-electron chi connectivity index (χ4n) is 3.10. The lowest BCUT2D eigenvalue weighted by Gasteiger charge is -2.34. The van der Waals surface area contributed by atoms with Crippen molar-refractivity contribution >= 4 is 17.5 Å². The highest BCUT2D eigenvalue weighted by molar-refractivity contribution is 5.94. The van der Waals surface area contributed by atoms with Gasteiger partial charge in [0.15, 0.2) is 17.5 Å². The fraction of sp³-hybridized carbons (Fsp3) is 0.529. The summed E-state index contributed by atoms with van der Waals surface area (Å²) in [6.07, 6.45) is 0. The summed E-state index contributed by atoms with van der Waals surface area (Å²) in [7, 11) is 0. The van der Waals surface area contributed by atoms with Crippen molar-refractivity contribution in [3.8, 4) is 11.5 Å². The van der Waals surface area contributed by atoms with Gasteiger partial charge in [0, 0.05) is 18.7 Å². The molecule has 7 nitrogen and oxygen atoms in total. The second kappa shape index (κ2) is 7.09. The monoisotopic (exact) mass is 334 g/mol. The van der Waals surface area contributed by atoms with E-state index in [0.29, 0.717) is 43.5 Å². The summed E-state index contributed by atoms with van der Waals surface area (Å²) in [4.78, 5) is 26.9. The third kappa shape index (κ3) is 3.62. The Hall–Kier alpha value is -2.28. The summed E-state index contributed by atoms with van der Waals surface area (Å²) in [6.45, 7) is 7.55. The van der Waals surface area contributed by atoms with Crippen LogP contribution in [0.1, 0.15) is 13.8 Å². The largest absolute Gasteiger partial charge is 0.486 e. The summed E-state index contributed by atoms with van der Waals surface area (Å²) < 4.78 is 11.0. The summed E-state index contributed by atoms with van der Waals surface area (Å²) in [5.41, 5.74) is 0.706. The average Bonchev–Trinajstić information content (AvgIpc) is 2.61. The van der Waals surface area contributed by atoms with Gasteiger partial charge in [-0.1, -0.05) is 0 Å². The maximum atomic E-state index is 12.5. The van der Waals surface area contributed by atoms with Gasteiger partial charge in [0.2, 0.25) is 5.91 Å². The molecule has 24 heavy (non-hydrogen) atoms. The number of quaternary nitrogens is 1. The summed E-state index contributed by atoms with van der Waals surface area (Å²) >= 11 is 0. The SMILES string of the molecule is CC(=O)N1CC[NH+]([C@H](C)C(=O)Nc2ccc3c(c2)OCCO3)CC1.